The quantitative estimate of drug-likeness (QED) is 0.163. The summed E-state index contributed by atoms with van der Waals surface area (Å²) in [6.45, 7) is 6.29. The molecule has 3 rings (SSSR count). The third kappa shape index (κ3) is 9.25. The van der Waals surface area contributed by atoms with Crippen LogP contribution in [0, 0.1) is 18.3 Å². The smallest absolute Gasteiger partial charge is 0.248 e. The number of carbonyl (C=O) groups excluding carboxylic acids is 1. The van der Waals surface area contributed by atoms with E-state index in [0.29, 0.717) is 34.7 Å². The predicted octanol–water partition coefficient (Wildman–Crippen LogP) is 5.98. The van der Waals surface area contributed by atoms with Crippen LogP contribution in [0.2, 0.25) is 0 Å². The molecule has 0 bridgehead atoms. The van der Waals surface area contributed by atoms with Crippen LogP contribution < -0.4 is 10.6 Å². The summed E-state index contributed by atoms with van der Waals surface area (Å²) in [5.74, 6) is 0.427. The maximum Gasteiger partial charge on any atom is 0.248 e. The van der Waals surface area contributed by atoms with Gasteiger partial charge in [-0.1, -0.05) is 53.6 Å². The monoisotopic (exact) mass is 581 g/mol. The van der Waals surface area contributed by atoms with Crippen molar-refractivity contribution in [3.8, 4) is 6.07 Å². The van der Waals surface area contributed by atoms with Crippen LogP contribution in [-0.2, 0) is 16.0 Å². The molecule has 3 N–H and O–H groups in total. The van der Waals surface area contributed by atoms with Crippen molar-refractivity contribution in [2.24, 2.45) is 0 Å². The van der Waals surface area contributed by atoms with E-state index < -0.39 is 6.04 Å². The van der Waals surface area contributed by atoms with Gasteiger partial charge in [-0.3, -0.25) is 4.79 Å². The summed E-state index contributed by atoms with van der Waals surface area (Å²) in [5.41, 5.74) is 4.92. The SMILES string of the molecule is C/C(Cl)=C(\C=C(/CCl)C(=O)N[C@@H](CO)Cc1ccc(C#N)cc1)C1CCC=C(CNC(C)c2ccc(C)cc2)O1. The van der Waals surface area contributed by atoms with Gasteiger partial charge >= 0.3 is 0 Å². The van der Waals surface area contributed by atoms with Gasteiger partial charge in [0, 0.05) is 22.2 Å². The first kappa shape index (κ1) is 31.4. The van der Waals surface area contributed by atoms with Crippen LogP contribution in [0.5, 0.6) is 0 Å². The summed E-state index contributed by atoms with van der Waals surface area (Å²) < 4.78 is 6.31. The van der Waals surface area contributed by atoms with Crippen molar-refractivity contribution in [3.05, 3.63) is 105 Å². The molecular weight excluding hydrogens is 545 g/mol. The zero-order chi connectivity index (χ0) is 29.1. The van der Waals surface area contributed by atoms with Crippen LogP contribution in [0.15, 0.2) is 82.6 Å². The Morgan fingerprint density at radius 2 is 1.93 bits per heavy atom. The van der Waals surface area contributed by atoms with E-state index in [1.54, 1.807) is 25.1 Å². The van der Waals surface area contributed by atoms with Crippen LogP contribution in [0.4, 0.5) is 0 Å². The number of allylic oxidation sites excluding steroid dienone is 2. The van der Waals surface area contributed by atoms with Gasteiger partial charge in [-0.25, -0.2) is 0 Å². The molecule has 8 heteroatoms. The first-order valence-corrected chi connectivity index (χ1v) is 14.3. The molecule has 1 heterocycles. The molecule has 2 unspecified atom stereocenters. The van der Waals surface area contributed by atoms with Gasteiger partial charge in [-0.05, 0) is 75.4 Å². The molecule has 212 valence electrons. The number of carbonyl (C=O) groups is 1. The maximum absolute atomic E-state index is 13.1. The van der Waals surface area contributed by atoms with Crippen LogP contribution in [0.1, 0.15) is 55.0 Å². The molecule has 1 aliphatic rings. The second kappa shape index (κ2) is 15.6. The lowest BCUT2D eigenvalue weighted by atomic mass is 9.99. The minimum absolute atomic E-state index is 0.0282. The molecule has 0 aliphatic carbocycles. The first-order chi connectivity index (χ1) is 19.2. The second-order valence-corrected chi connectivity index (χ2v) is 10.9. The van der Waals surface area contributed by atoms with Gasteiger partial charge in [0.2, 0.25) is 5.91 Å². The Morgan fingerprint density at radius 3 is 2.52 bits per heavy atom. The Kier molecular flexibility index (Phi) is 12.3. The number of hydrogen-bond acceptors (Lipinski definition) is 5. The average Bonchev–Trinajstić information content (AvgIpc) is 2.96. The molecule has 1 aliphatic heterocycles. The van der Waals surface area contributed by atoms with Crippen molar-refractivity contribution in [2.45, 2.75) is 58.2 Å². The fourth-order valence-electron chi connectivity index (χ4n) is 4.45. The van der Waals surface area contributed by atoms with Crippen LogP contribution in [0.3, 0.4) is 0 Å². The van der Waals surface area contributed by atoms with Gasteiger partial charge in [-0.15, -0.1) is 11.6 Å². The second-order valence-electron chi connectivity index (χ2n) is 10.0. The number of halogens is 2. The van der Waals surface area contributed by atoms with E-state index in [0.717, 1.165) is 24.2 Å². The van der Waals surface area contributed by atoms with E-state index in [4.69, 9.17) is 33.2 Å². The van der Waals surface area contributed by atoms with Crippen LogP contribution in [0.25, 0.3) is 0 Å². The van der Waals surface area contributed by atoms with E-state index in [-0.39, 0.29) is 30.5 Å². The highest BCUT2D eigenvalue weighted by Crippen LogP contribution is 2.28. The molecule has 1 amide bonds. The number of aliphatic hydroxyl groups is 1. The Balaban J connectivity index is 1.64. The van der Waals surface area contributed by atoms with E-state index >= 15 is 0 Å². The minimum Gasteiger partial charge on any atom is -0.489 e. The summed E-state index contributed by atoms with van der Waals surface area (Å²) >= 11 is 12.7. The van der Waals surface area contributed by atoms with Crippen molar-refractivity contribution in [2.75, 3.05) is 19.0 Å². The van der Waals surface area contributed by atoms with Crippen molar-refractivity contribution >= 4 is 29.1 Å². The fourth-order valence-corrected chi connectivity index (χ4v) is 4.83. The lowest BCUT2D eigenvalue weighted by Crippen LogP contribution is -2.40. The summed E-state index contributed by atoms with van der Waals surface area (Å²) in [5, 5.41) is 25.8. The number of alkyl halides is 1. The van der Waals surface area contributed by atoms with E-state index in [1.165, 1.54) is 11.1 Å². The van der Waals surface area contributed by atoms with E-state index in [2.05, 4.69) is 60.9 Å². The predicted molar refractivity (Wildman–Crippen MR) is 161 cm³/mol. The number of nitrogens with zero attached hydrogens (tertiary/aromatic N) is 1. The van der Waals surface area contributed by atoms with Gasteiger partial charge in [0.15, 0.2) is 0 Å². The molecule has 0 spiro atoms. The molecule has 40 heavy (non-hydrogen) atoms. The average molecular weight is 583 g/mol. The molecule has 0 saturated carbocycles. The number of nitrogens with one attached hydrogen (secondary N) is 2. The third-order valence-corrected chi connectivity index (χ3v) is 7.39. The Labute approximate surface area is 247 Å². The molecule has 0 radical (unpaired) electrons. The number of benzene rings is 2. The number of aliphatic hydroxyl groups excluding tert-OH is 1. The molecule has 0 fully saturated rings. The Hall–Kier alpha value is -3.08. The van der Waals surface area contributed by atoms with Gasteiger partial charge in [0.1, 0.15) is 11.9 Å². The van der Waals surface area contributed by atoms with E-state index in [1.807, 2.05) is 12.1 Å². The number of ether oxygens (including phenoxy) is 1. The molecule has 3 atom stereocenters. The highest BCUT2D eigenvalue weighted by atomic mass is 35.5. The minimum atomic E-state index is -0.515. The lowest BCUT2D eigenvalue weighted by Gasteiger charge is -2.28. The Bertz CT molecular complexity index is 1270. The summed E-state index contributed by atoms with van der Waals surface area (Å²) in [4.78, 5) is 13.1. The van der Waals surface area contributed by atoms with Crippen molar-refractivity contribution < 1.29 is 14.6 Å². The molecule has 2 aromatic rings. The fraction of sp³-hybridized carbons (Fsp3) is 0.375. The lowest BCUT2D eigenvalue weighted by molar-refractivity contribution is -0.118. The topological polar surface area (TPSA) is 94.4 Å². The molecule has 6 nitrogen and oxygen atoms in total. The van der Waals surface area contributed by atoms with Crippen LogP contribution in [-0.4, -0.2) is 42.2 Å². The third-order valence-electron chi connectivity index (χ3n) is 6.89. The summed E-state index contributed by atoms with van der Waals surface area (Å²) in [7, 11) is 0. The molecule has 0 saturated heterocycles. The number of amides is 1. The summed E-state index contributed by atoms with van der Waals surface area (Å²) in [6, 6.07) is 17.2. The standard InChI is InChI=1S/C32H37Cl2N3O3/c1-21-7-13-26(14-8-21)23(3)36-19-29-5-4-6-31(40-29)30(22(2)34)16-27(17-33)32(39)37-28(20-38)15-24-9-11-25(18-35)12-10-24/h5,7-14,16,23,28,31,36,38H,4,6,15,17,19-20H2,1-3H3,(H,37,39)/b27-16+,30-22-/t23?,28-,31?/m1/s1. The highest BCUT2D eigenvalue weighted by molar-refractivity contribution is 6.30. The van der Waals surface area contributed by atoms with Crippen LogP contribution >= 0.6 is 23.2 Å². The highest BCUT2D eigenvalue weighted by Gasteiger charge is 2.24. The molecule has 0 aromatic heterocycles. The zero-order valence-corrected chi connectivity index (χ0v) is 24.7. The summed E-state index contributed by atoms with van der Waals surface area (Å²) in [6.07, 6.45) is 5.43. The number of rotatable bonds is 12. The van der Waals surface area contributed by atoms with E-state index in [9.17, 15) is 9.90 Å². The van der Waals surface area contributed by atoms with Crippen molar-refractivity contribution in [3.63, 3.8) is 0 Å². The Morgan fingerprint density at radius 1 is 1.23 bits per heavy atom. The van der Waals surface area contributed by atoms with Crippen molar-refractivity contribution in [1.82, 2.24) is 10.6 Å². The zero-order valence-electron chi connectivity index (χ0n) is 23.2. The molecular formula is C32H37Cl2N3O3. The largest absolute Gasteiger partial charge is 0.489 e. The number of hydrogen-bond donors (Lipinski definition) is 3. The maximum atomic E-state index is 13.1. The normalized spacial score (nSPS) is 17.6. The number of aryl methyl sites for hydroxylation is 1. The number of nitriles is 1. The van der Waals surface area contributed by atoms with Gasteiger partial charge in [0.05, 0.1) is 36.7 Å². The van der Waals surface area contributed by atoms with Gasteiger partial charge in [0.25, 0.3) is 0 Å². The first-order valence-electron chi connectivity index (χ1n) is 13.4. The molecule has 2 aromatic carbocycles. The van der Waals surface area contributed by atoms with Crippen molar-refractivity contribution in [1.29, 1.82) is 5.26 Å². The van der Waals surface area contributed by atoms with Gasteiger partial charge < -0.3 is 20.5 Å². The van der Waals surface area contributed by atoms with Gasteiger partial charge in [-0.2, -0.15) is 5.26 Å².